The minimum atomic E-state index is -0.517. The van der Waals surface area contributed by atoms with Crippen molar-refractivity contribution < 1.29 is 19.2 Å². The number of anilines is 1. The topological polar surface area (TPSA) is 90.7 Å². The first-order chi connectivity index (χ1) is 8.92. The molecule has 0 radical (unpaired) electrons. The quantitative estimate of drug-likeness (QED) is 0.482. The van der Waals surface area contributed by atoms with Crippen LogP contribution < -0.4 is 10.1 Å². The summed E-state index contributed by atoms with van der Waals surface area (Å²) in [5, 5.41) is 13.6. The molecular weight excluding hydrogens is 252 g/mol. The molecule has 0 saturated carbocycles. The number of nitro benzene ring substituents is 1. The van der Waals surface area contributed by atoms with E-state index in [2.05, 4.69) is 10.1 Å². The van der Waals surface area contributed by atoms with Crippen molar-refractivity contribution in [2.24, 2.45) is 0 Å². The van der Waals surface area contributed by atoms with Crippen LogP contribution in [-0.4, -0.2) is 30.7 Å². The maximum Gasteiger partial charge on any atom is 0.325 e. The van der Waals surface area contributed by atoms with Crippen LogP contribution >= 0.6 is 0 Å². The average Bonchev–Trinajstić information content (AvgIpc) is 2.34. The Bertz CT molecular complexity index is 473. The van der Waals surface area contributed by atoms with Crippen LogP contribution in [-0.2, 0) is 9.53 Å². The lowest BCUT2D eigenvalue weighted by molar-refractivity contribution is -0.384. The lowest BCUT2D eigenvalue weighted by Gasteiger charge is -2.11. The fourth-order valence-corrected chi connectivity index (χ4v) is 1.38. The monoisotopic (exact) mass is 268 g/mol. The number of nitrogens with zero attached hydrogens (tertiary/aromatic N) is 1. The summed E-state index contributed by atoms with van der Waals surface area (Å²) in [6.07, 6.45) is -0.101. The minimum absolute atomic E-state index is 0.0706. The van der Waals surface area contributed by atoms with E-state index in [1.54, 1.807) is 6.07 Å². The number of carbonyl (C=O) groups is 1. The highest BCUT2D eigenvalue weighted by molar-refractivity contribution is 5.75. The molecule has 1 aromatic carbocycles. The highest BCUT2D eigenvalue weighted by atomic mass is 16.6. The first kappa shape index (κ1) is 14.7. The summed E-state index contributed by atoms with van der Waals surface area (Å²) in [6.45, 7) is 3.57. The molecule has 0 bridgehead atoms. The molecule has 0 aliphatic carbocycles. The molecule has 0 aliphatic rings. The molecule has 1 rings (SSSR count). The molecule has 0 aliphatic heterocycles. The van der Waals surface area contributed by atoms with E-state index in [0.29, 0.717) is 11.4 Å². The van der Waals surface area contributed by atoms with Crippen LogP contribution in [0.1, 0.15) is 13.8 Å². The molecule has 19 heavy (non-hydrogen) atoms. The molecule has 0 atom stereocenters. The molecule has 0 heterocycles. The smallest absolute Gasteiger partial charge is 0.325 e. The van der Waals surface area contributed by atoms with E-state index >= 15 is 0 Å². The van der Waals surface area contributed by atoms with Crippen LogP contribution in [0.15, 0.2) is 18.2 Å². The number of ether oxygens (including phenoxy) is 2. The van der Waals surface area contributed by atoms with Gasteiger partial charge in [0.1, 0.15) is 12.3 Å². The van der Waals surface area contributed by atoms with Gasteiger partial charge in [0.15, 0.2) is 0 Å². The molecule has 0 aromatic heterocycles. The predicted octanol–water partition coefficient (Wildman–Crippen LogP) is 1.97. The van der Waals surface area contributed by atoms with E-state index < -0.39 is 10.9 Å². The number of nitro groups is 1. The van der Waals surface area contributed by atoms with Gasteiger partial charge in [-0.05, 0) is 13.8 Å². The number of nitrogens with one attached hydrogen (secondary N) is 1. The average molecular weight is 268 g/mol. The minimum Gasteiger partial charge on any atom is -0.491 e. The van der Waals surface area contributed by atoms with Gasteiger partial charge in [-0.25, -0.2) is 0 Å². The van der Waals surface area contributed by atoms with Gasteiger partial charge in [0.2, 0.25) is 0 Å². The Labute approximate surface area is 110 Å². The second-order valence-corrected chi connectivity index (χ2v) is 4.07. The molecule has 0 unspecified atom stereocenters. The van der Waals surface area contributed by atoms with Crippen LogP contribution in [0.4, 0.5) is 11.4 Å². The summed E-state index contributed by atoms with van der Waals surface area (Å²) in [6, 6.07) is 4.26. The standard InChI is InChI=1S/C12H16N2O5/c1-8(2)19-11-5-9(13-7-12(15)18-3)4-10(6-11)14(16)17/h4-6,8,13H,7H2,1-3H3. The van der Waals surface area contributed by atoms with Gasteiger partial charge >= 0.3 is 5.97 Å². The third kappa shape index (κ3) is 4.82. The Morgan fingerprint density at radius 1 is 1.42 bits per heavy atom. The molecule has 7 nitrogen and oxygen atoms in total. The fraction of sp³-hybridized carbons (Fsp3) is 0.417. The summed E-state index contributed by atoms with van der Waals surface area (Å²) in [5.74, 6) is -0.0885. The molecule has 7 heteroatoms. The number of carbonyl (C=O) groups excluding carboxylic acids is 1. The fourth-order valence-electron chi connectivity index (χ4n) is 1.38. The lowest BCUT2D eigenvalue weighted by atomic mass is 10.2. The molecule has 104 valence electrons. The SMILES string of the molecule is COC(=O)CNc1cc(OC(C)C)cc([N+](=O)[O-])c1. The summed E-state index contributed by atoms with van der Waals surface area (Å²) >= 11 is 0. The van der Waals surface area contributed by atoms with Gasteiger partial charge in [0.25, 0.3) is 5.69 Å². The molecular formula is C12H16N2O5. The number of rotatable bonds is 6. The number of non-ortho nitro benzene ring substituents is 1. The summed E-state index contributed by atoms with van der Waals surface area (Å²) in [7, 11) is 1.27. The first-order valence-corrected chi connectivity index (χ1v) is 5.69. The van der Waals surface area contributed by atoms with Crippen molar-refractivity contribution >= 4 is 17.3 Å². The second kappa shape index (κ2) is 6.58. The van der Waals surface area contributed by atoms with Crippen LogP contribution in [0.3, 0.4) is 0 Å². The van der Waals surface area contributed by atoms with Crippen molar-refractivity contribution in [3.8, 4) is 5.75 Å². The Morgan fingerprint density at radius 3 is 2.63 bits per heavy atom. The van der Waals surface area contributed by atoms with Crippen molar-refractivity contribution in [1.82, 2.24) is 0 Å². The lowest BCUT2D eigenvalue weighted by Crippen LogP contribution is -2.15. The number of benzene rings is 1. The molecule has 0 spiro atoms. The Hall–Kier alpha value is -2.31. The Morgan fingerprint density at radius 2 is 2.11 bits per heavy atom. The maximum absolute atomic E-state index is 11.0. The van der Waals surface area contributed by atoms with Gasteiger partial charge in [-0.3, -0.25) is 14.9 Å². The molecule has 0 fully saturated rings. The third-order valence-corrected chi connectivity index (χ3v) is 2.14. The molecule has 0 amide bonds. The largest absolute Gasteiger partial charge is 0.491 e. The summed E-state index contributed by atoms with van der Waals surface area (Å²) < 4.78 is 9.90. The van der Waals surface area contributed by atoms with Gasteiger partial charge in [0.05, 0.1) is 24.2 Å². The van der Waals surface area contributed by atoms with E-state index in [1.165, 1.54) is 19.2 Å². The van der Waals surface area contributed by atoms with E-state index in [0.717, 1.165) is 0 Å². The molecule has 0 saturated heterocycles. The molecule has 1 aromatic rings. The zero-order valence-corrected chi connectivity index (χ0v) is 11.0. The zero-order valence-electron chi connectivity index (χ0n) is 11.0. The van der Waals surface area contributed by atoms with Crippen molar-refractivity contribution in [2.75, 3.05) is 19.0 Å². The van der Waals surface area contributed by atoms with Gasteiger partial charge in [-0.1, -0.05) is 0 Å². The van der Waals surface area contributed by atoms with Crippen LogP contribution in [0.2, 0.25) is 0 Å². The van der Waals surface area contributed by atoms with Crippen molar-refractivity contribution in [1.29, 1.82) is 0 Å². The van der Waals surface area contributed by atoms with E-state index in [4.69, 9.17) is 4.74 Å². The maximum atomic E-state index is 11.0. The first-order valence-electron chi connectivity index (χ1n) is 5.69. The number of hydrogen-bond acceptors (Lipinski definition) is 6. The van der Waals surface area contributed by atoms with Gasteiger partial charge in [0, 0.05) is 17.8 Å². The van der Waals surface area contributed by atoms with Gasteiger partial charge in [-0.2, -0.15) is 0 Å². The normalized spacial score (nSPS) is 10.1. The predicted molar refractivity (Wildman–Crippen MR) is 69.4 cm³/mol. The van der Waals surface area contributed by atoms with Crippen LogP contribution in [0.25, 0.3) is 0 Å². The molecule has 1 N–H and O–H groups in total. The van der Waals surface area contributed by atoms with E-state index in [1.807, 2.05) is 13.8 Å². The Balaban J connectivity index is 2.92. The number of hydrogen-bond donors (Lipinski definition) is 1. The van der Waals surface area contributed by atoms with Crippen molar-refractivity contribution in [3.63, 3.8) is 0 Å². The summed E-state index contributed by atoms with van der Waals surface area (Å²) in [5.41, 5.74) is 0.320. The Kier molecular flexibility index (Phi) is 5.11. The van der Waals surface area contributed by atoms with E-state index in [9.17, 15) is 14.9 Å². The number of esters is 1. The van der Waals surface area contributed by atoms with Gasteiger partial charge in [-0.15, -0.1) is 0 Å². The van der Waals surface area contributed by atoms with Crippen molar-refractivity contribution in [2.45, 2.75) is 20.0 Å². The van der Waals surface area contributed by atoms with Crippen LogP contribution in [0, 0.1) is 10.1 Å². The third-order valence-electron chi connectivity index (χ3n) is 2.14. The van der Waals surface area contributed by atoms with Crippen molar-refractivity contribution in [3.05, 3.63) is 28.3 Å². The highest BCUT2D eigenvalue weighted by Crippen LogP contribution is 2.26. The van der Waals surface area contributed by atoms with E-state index in [-0.39, 0.29) is 18.3 Å². The second-order valence-electron chi connectivity index (χ2n) is 4.07. The van der Waals surface area contributed by atoms with Gasteiger partial charge < -0.3 is 14.8 Å². The zero-order chi connectivity index (χ0) is 14.4. The highest BCUT2D eigenvalue weighted by Gasteiger charge is 2.12. The summed E-state index contributed by atoms with van der Waals surface area (Å²) in [4.78, 5) is 21.3. The number of methoxy groups -OCH3 is 1. The van der Waals surface area contributed by atoms with Crippen LogP contribution in [0.5, 0.6) is 5.75 Å².